The molecule has 0 spiro atoms. The van der Waals surface area contributed by atoms with Gasteiger partial charge in [-0.2, -0.15) is 0 Å². The Morgan fingerprint density at radius 3 is 2.69 bits per heavy atom. The van der Waals surface area contributed by atoms with Gasteiger partial charge < -0.3 is 10.4 Å². The Morgan fingerprint density at radius 1 is 1.25 bits per heavy atom. The van der Waals surface area contributed by atoms with Crippen molar-refractivity contribution in [2.75, 3.05) is 0 Å². The summed E-state index contributed by atoms with van der Waals surface area (Å²) in [5.41, 5.74) is 0.683. The monoisotopic (exact) mass is 219 g/mol. The maximum absolute atomic E-state index is 11.8. The maximum Gasteiger partial charge on any atom is 0.251 e. The molecule has 0 saturated heterocycles. The first-order chi connectivity index (χ1) is 7.75. The molecule has 0 unspecified atom stereocenters. The lowest BCUT2D eigenvalue weighted by Crippen LogP contribution is -2.39. The van der Waals surface area contributed by atoms with Gasteiger partial charge in [0.15, 0.2) is 0 Å². The van der Waals surface area contributed by atoms with Crippen LogP contribution in [-0.4, -0.2) is 23.2 Å². The Kier molecular flexibility index (Phi) is 3.57. The van der Waals surface area contributed by atoms with Crippen LogP contribution in [0.2, 0.25) is 0 Å². The van der Waals surface area contributed by atoms with Crippen molar-refractivity contribution >= 4 is 5.91 Å². The molecule has 1 amide bonds. The van der Waals surface area contributed by atoms with E-state index in [2.05, 4.69) is 5.32 Å². The number of rotatable bonds is 2. The van der Waals surface area contributed by atoms with Crippen LogP contribution in [0.3, 0.4) is 0 Å². The molecule has 0 heterocycles. The highest BCUT2D eigenvalue weighted by molar-refractivity contribution is 5.94. The number of aliphatic hydroxyl groups is 1. The highest BCUT2D eigenvalue weighted by atomic mass is 16.3. The van der Waals surface area contributed by atoms with E-state index in [-0.39, 0.29) is 18.1 Å². The average Bonchev–Trinajstić information content (AvgIpc) is 2.30. The highest BCUT2D eigenvalue weighted by Crippen LogP contribution is 2.18. The summed E-state index contributed by atoms with van der Waals surface area (Å²) in [6.45, 7) is 0. The second-order valence-electron chi connectivity index (χ2n) is 4.36. The molecule has 0 radical (unpaired) electrons. The smallest absolute Gasteiger partial charge is 0.251 e. The molecule has 86 valence electrons. The molecule has 0 aromatic heterocycles. The molecule has 2 rings (SSSR count). The van der Waals surface area contributed by atoms with Gasteiger partial charge in [-0.05, 0) is 37.8 Å². The molecule has 2 atom stereocenters. The van der Waals surface area contributed by atoms with E-state index < -0.39 is 0 Å². The lowest BCUT2D eigenvalue weighted by atomic mass is 9.93. The summed E-state index contributed by atoms with van der Waals surface area (Å²) in [5.74, 6) is -0.0419. The van der Waals surface area contributed by atoms with Crippen LogP contribution in [0, 0.1) is 0 Å². The second-order valence-corrected chi connectivity index (χ2v) is 4.36. The van der Waals surface area contributed by atoms with Crippen molar-refractivity contribution in [2.45, 2.75) is 37.8 Å². The van der Waals surface area contributed by atoms with Crippen molar-refractivity contribution in [3.8, 4) is 0 Å². The number of aliphatic hydroxyl groups excluding tert-OH is 1. The van der Waals surface area contributed by atoms with E-state index in [1.54, 1.807) is 12.1 Å². The standard InChI is InChI=1S/C13H17NO2/c15-12-8-4-7-11(9-12)14-13(16)10-5-2-1-3-6-10/h1-3,5-6,11-12,15H,4,7-9H2,(H,14,16)/t11-,12-/m0/s1. The minimum atomic E-state index is -0.255. The van der Waals surface area contributed by atoms with Crippen LogP contribution in [0.4, 0.5) is 0 Å². The number of benzene rings is 1. The molecule has 3 nitrogen and oxygen atoms in total. The third kappa shape index (κ3) is 2.83. The molecule has 1 saturated carbocycles. The minimum Gasteiger partial charge on any atom is -0.393 e. The first kappa shape index (κ1) is 11.1. The fourth-order valence-electron chi connectivity index (χ4n) is 2.15. The molecule has 0 aliphatic heterocycles. The Hall–Kier alpha value is -1.35. The van der Waals surface area contributed by atoms with E-state index in [1.807, 2.05) is 18.2 Å². The third-order valence-electron chi connectivity index (χ3n) is 3.02. The largest absolute Gasteiger partial charge is 0.393 e. The van der Waals surface area contributed by atoms with Gasteiger partial charge in [-0.1, -0.05) is 18.2 Å². The molecule has 1 aromatic rings. The molecule has 0 bridgehead atoms. The maximum atomic E-state index is 11.8. The molecular formula is C13H17NO2. The Labute approximate surface area is 95.5 Å². The minimum absolute atomic E-state index is 0.0419. The fraction of sp³-hybridized carbons (Fsp3) is 0.462. The van der Waals surface area contributed by atoms with Crippen molar-refractivity contribution in [1.29, 1.82) is 0 Å². The van der Waals surface area contributed by atoms with Crippen molar-refractivity contribution in [1.82, 2.24) is 5.32 Å². The zero-order chi connectivity index (χ0) is 11.4. The SMILES string of the molecule is O=C(N[C@H]1CCC[C@H](O)C1)c1ccccc1. The average molecular weight is 219 g/mol. The number of hydrogen-bond donors (Lipinski definition) is 2. The number of carbonyl (C=O) groups excluding carboxylic acids is 1. The molecule has 3 heteroatoms. The Balaban J connectivity index is 1.92. The van der Waals surface area contributed by atoms with E-state index in [1.165, 1.54) is 0 Å². The summed E-state index contributed by atoms with van der Waals surface area (Å²) in [5, 5.41) is 12.5. The van der Waals surface area contributed by atoms with Gasteiger partial charge in [0.05, 0.1) is 6.10 Å². The van der Waals surface area contributed by atoms with Gasteiger partial charge >= 0.3 is 0 Å². The number of nitrogens with one attached hydrogen (secondary N) is 1. The van der Waals surface area contributed by atoms with Gasteiger partial charge in [-0.3, -0.25) is 4.79 Å². The normalized spacial score (nSPS) is 25.1. The Bertz CT molecular complexity index is 350. The summed E-state index contributed by atoms with van der Waals surface area (Å²) in [4.78, 5) is 11.8. The first-order valence-corrected chi connectivity index (χ1v) is 5.79. The highest BCUT2D eigenvalue weighted by Gasteiger charge is 2.21. The van der Waals surface area contributed by atoms with Crippen LogP contribution >= 0.6 is 0 Å². The van der Waals surface area contributed by atoms with Crippen LogP contribution in [0.25, 0.3) is 0 Å². The number of hydrogen-bond acceptors (Lipinski definition) is 2. The molecule has 1 fully saturated rings. The van der Waals surface area contributed by atoms with Crippen molar-refractivity contribution in [2.24, 2.45) is 0 Å². The number of amides is 1. The van der Waals surface area contributed by atoms with E-state index in [9.17, 15) is 9.90 Å². The van der Waals surface area contributed by atoms with Gasteiger partial charge in [-0.25, -0.2) is 0 Å². The molecule has 16 heavy (non-hydrogen) atoms. The zero-order valence-corrected chi connectivity index (χ0v) is 9.23. The summed E-state index contributed by atoms with van der Waals surface area (Å²) >= 11 is 0. The van der Waals surface area contributed by atoms with Crippen molar-refractivity contribution in [3.05, 3.63) is 35.9 Å². The van der Waals surface area contributed by atoms with E-state index in [0.717, 1.165) is 19.3 Å². The van der Waals surface area contributed by atoms with Gasteiger partial charge in [0.1, 0.15) is 0 Å². The summed E-state index contributed by atoms with van der Waals surface area (Å²) < 4.78 is 0. The van der Waals surface area contributed by atoms with Gasteiger partial charge in [0, 0.05) is 11.6 Å². The lowest BCUT2D eigenvalue weighted by molar-refractivity contribution is 0.0850. The Morgan fingerprint density at radius 2 is 2.00 bits per heavy atom. The van der Waals surface area contributed by atoms with E-state index in [0.29, 0.717) is 12.0 Å². The van der Waals surface area contributed by atoms with Gasteiger partial charge in [0.25, 0.3) is 5.91 Å². The summed E-state index contributed by atoms with van der Waals surface area (Å²) in [6.07, 6.45) is 3.24. The third-order valence-corrected chi connectivity index (χ3v) is 3.02. The second kappa shape index (κ2) is 5.12. The predicted molar refractivity (Wildman–Crippen MR) is 62.2 cm³/mol. The molecule has 1 aromatic carbocycles. The molecule has 1 aliphatic rings. The first-order valence-electron chi connectivity index (χ1n) is 5.79. The van der Waals surface area contributed by atoms with Crippen molar-refractivity contribution in [3.63, 3.8) is 0 Å². The van der Waals surface area contributed by atoms with Gasteiger partial charge in [0.2, 0.25) is 0 Å². The van der Waals surface area contributed by atoms with Gasteiger partial charge in [-0.15, -0.1) is 0 Å². The predicted octanol–water partition coefficient (Wildman–Crippen LogP) is 1.72. The molecule has 1 aliphatic carbocycles. The van der Waals surface area contributed by atoms with Crippen molar-refractivity contribution < 1.29 is 9.90 Å². The van der Waals surface area contributed by atoms with Crippen LogP contribution in [0.5, 0.6) is 0 Å². The van der Waals surface area contributed by atoms with E-state index >= 15 is 0 Å². The van der Waals surface area contributed by atoms with Crippen LogP contribution in [0.15, 0.2) is 30.3 Å². The van der Waals surface area contributed by atoms with Crippen LogP contribution < -0.4 is 5.32 Å². The summed E-state index contributed by atoms with van der Waals surface area (Å²) in [7, 11) is 0. The number of carbonyl (C=O) groups is 1. The molecule has 2 N–H and O–H groups in total. The van der Waals surface area contributed by atoms with E-state index in [4.69, 9.17) is 0 Å². The van der Waals surface area contributed by atoms with Crippen LogP contribution in [0.1, 0.15) is 36.0 Å². The topological polar surface area (TPSA) is 49.3 Å². The zero-order valence-electron chi connectivity index (χ0n) is 9.23. The lowest BCUT2D eigenvalue weighted by Gasteiger charge is -2.26. The van der Waals surface area contributed by atoms with Crippen LogP contribution in [-0.2, 0) is 0 Å². The summed E-state index contributed by atoms with van der Waals surface area (Å²) in [6, 6.07) is 9.32. The fourth-order valence-corrected chi connectivity index (χ4v) is 2.15. The quantitative estimate of drug-likeness (QED) is 0.795. The molecular weight excluding hydrogens is 202 g/mol.